The minimum atomic E-state index is -0.443. The second-order valence-corrected chi connectivity index (χ2v) is 8.46. The lowest BCUT2D eigenvalue weighted by molar-refractivity contribution is -0.134. The third kappa shape index (κ3) is 3.65. The third-order valence-electron chi connectivity index (χ3n) is 6.20. The van der Waals surface area contributed by atoms with E-state index in [4.69, 9.17) is 9.84 Å². The Bertz CT molecular complexity index is 944. The van der Waals surface area contributed by atoms with Gasteiger partial charge in [-0.05, 0) is 31.9 Å². The van der Waals surface area contributed by atoms with Crippen LogP contribution in [0.2, 0.25) is 0 Å². The summed E-state index contributed by atoms with van der Waals surface area (Å²) in [6, 6.07) is 1.97. The Morgan fingerprint density at radius 1 is 1.27 bits per heavy atom. The first-order valence-corrected chi connectivity index (χ1v) is 10.4. The first-order chi connectivity index (χ1) is 14.5. The highest BCUT2D eigenvalue weighted by atomic mass is 16.5. The van der Waals surface area contributed by atoms with Crippen molar-refractivity contribution in [3.05, 3.63) is 41.7 Å². The van der Waals surface area contributed by atoms with Crippen molar-refractivity contribution in [3.63, 3.8) is 0 Å². The zero-order valence-electron chi connectivity index (χ0n) is 17.0. The molecule has 0 radical (unpaired) electrons. The molecular formula is C21H26N6O3. The van der Waals surface area contributed by atoms with E-state index < -0.39 is 6.61 Å². The van der Waals surface area contributed by atoms with Crippen molar-refractivity contribution in [1.29, 1.82) is 0 Å². The number of ether oxygens (including phenoxy) is 1. The van der Waals surface area contributed by atoms with Crippen molar-refractivity contribution < 1.29 is 14.6 Å². The molecule has 9 nitrogen and oxygen atoms in total. The average molecular weight is 410 g/mol. The number of nitrogens with one attached hydrogen (secondary N) is 1. The molecule has 2 fully saturated rings. The summed E-state index contributed by atoms with van der Waals surface area (Å²) in [6.45, 7) is 4.18. The van der Waals surface area contributed by atoms with Crippen LogP contribution in [0.4, 0.5) is 5.82 Å². The molecule has 1 saturated heterocycles. The number of anilines is 1. The quantitative estimate of drug-likeness (QED) is 0.739. The van der Waals surface area contributed by atoms with Crippen molar-refractivity contribution in [2.75, 3.05) is 37.7 Å². The third-order valence-corrected chi connectivity index (χ3v) is 6.20. The lowest BCUT2D eigenvalue weighted by Gasteiger charge is -2.35. The summed E-state index contributed by atoms with van der Waals surface area (Å²) in [5.74, 6) is 1.70. The van der Waals surface area contributed by atoms with Crippen LogP contribution in [0.25, 0.3) is 0 Å². The molecule has 30 heavy (non-hydrogen) atoms. The Hall–Kier alpha value is -2.94. The highest BCUT2D eigenvalue weighted by Crippen LogP contribution is 2.43. The number of fused-ring (bicyclic) bond motifs is 1. The fraction of sp³-hybridized carbons (Fsp3) is 0.524. The highest BCUT2D eigenvalue weighted by Gasteiger charge is 2.42. The predicted molar refractivity (Wildman–Crippen MR) is 111 cm³/mol. The predicted octanol–water partition coefficient (Wildman–Crippen LogP) is 0.782. The number of aliphatic hydroxyl groups excluding tert-OH is 1. The van der Waals surface area contributed by atoms with E-state index >= 15 is 0 Å². The number of amides is 1. The van der Waals surface area contributed by atoms with Crippen LogP contribution in [0.1, 0.15) is 31.9 Å². The van der Waals surface area contributed by atoms with Gasteiger partial charge in [-0.1, -0.05) is 0 Å². The van der Waals surface area contributed by atoms with E-state index in [0.717, 1.165) is 47.9 Å². The molecule has 9 heteroatoms. The summed E-state index contributed by atoms with van der Waals surface area (Å²) >= 11 is 0. The first kappa shape index (κ1) is 19.0. The van der Waals surface area contributed by atoms with E-state index in [9.17, 15) is 4.79 Å². The van der Waals surface area contributed by atoms with E-state index in [1.54, 1.807) is 11.2 Å². The van der Waals surface area contributed by atoms with Crippen LogP contribution in [0.15, 0.2) is 41.1 Å². The van der Waals surface area contributed by atoms with Crippen molar-refractivity contribution in [2.45, 2.75) is 31.8 Å². The molecule has 158 valence electrons. The van der Waals surface area contributed by atoms with Gasteiger partial charge in [-0.15, -0.1) is 0 Å². The Labute approximate surface area is 175 Å². The van der Waals surface area contributed by atoms with Gasteiger partial charge in [0.15, 0.2) is 0 Å². The summed E-state index contributed by atoms with van der Waals surface area (Å²) in [5, 5.41) is 13.6. The Morgan fingerprint density at radius 2 is 2.07 bits per heavy atom. The minimum absolute atomic E-state index is 0.00214. The highest BCUT2D eigenvalue weighted by molar-refractivity contribution is 6.04. The van der Waals surface area contributed by atoms with Gasteiger partial charge in [-0.2, -0.15) is 5.10 Å². The van der Waals surface area contributed by atoms with Crippen molar-refractivity contribution >= 4 is 17.4 Å². The number of hydrazone groups is 1. The number of hydrogen-bond acceptors (Lipinski definition) is 8. The van der Waals surface area contributed by atoms with Gasteiger partial charge in [-0.25, -0.2) is 9.97 Å². The lowest BCUT2D eigenvalue weighted by Crippen LogP contribution is -2.49. The van der Waals surface area contributed by atoms with Gasteiger partial charge in [0, 0.05) is 44.4 Å². The van der Waals surface area contributed by atoms with Gasteiger partial charge in [-0.3, -0.25) is 10.2 Å². The standard InChI is InChI=1S/C21H26N6O3/c1-21(4-5-21)30-14-2-3-16-15(10-14)20(25-24-16)17-11-18(23-13-22-17)26-6-8-27(9-7-26)19(29)12-28/h2-3,11,13,15,24,28H,4-10,12H2,1H3/t15-/m0/s1. The van der Waals surface area contributed by atoms with Gasteiger partial charge in [0.25, 0.3) is 0 Å². The van der Waals surface area contributed by atoms with Crippen molar-refractivity contribution in [1.82, 2.24) is 20.3 Å². The maximum absolute atomic E-state index is 11.7. The van der Waals surface area contributed by atoms with Crippen LogP contribution < -0.4 is 10.3 Å². The molecule has 0 spiro atoms. The second-order valence-electron chi connectivity index (χ2n) is 8.46. The largest absolute Gasteiger partial charge is 0.492 e. The normalized spacial score (nSPS) is 24.3. The average Bonchev–Trinajstić information content (AvgIpc) is 3.35. The van der Waals surface area contributed by atoms with Crippen LogP contribution >= 0.6 is 0 Å². The monoisotopic (exact) mass is 410 g/mol. The van der Waals surface area contributed by atoms with Crippen LogP contribution in [-0.2, 0) is 9.53 Å². The Balaban J connectivity index is 1.29. The zero-order valence-corrected chi connectivity index (χ0v) is 17.0. The number of piperazine rings is 1. The molecule has 1 aromatic heterocycles. The first-order valence-electron chi connectivity index (χ1n) is 10.4. The molecule has 2 N–H and O–H groups in total. The molecule has 2 aliphatic carbocycles. The molecule has 2 aliphatic heterocycles. The molecule has 1 atom stereocenters. The summed E-state index contributed by atoms with van der Waals surface area (Å²) in [6.07, 6.45) is 8.65. The summed E-state index contributed by atoms with van der Waals surface area (Å²) < 4.78 is 6.18. The van der Waals surface area contributed by atoms with Gasteiger partial charge in [0.2, 0.25) is 5.91 Å². The van der Waals surface area contributed by atoms with Crippen LogP contribution in [0.5, 0.6) is 0 Å². The smallest absolute Gasteiger partial charge is 0.248 e. The number of carbonyl (C=O) groups excluding carboxylic acids is 1. The van der Waals surface area contributed by atoms with E-state index in [1.165, 1.54) is 0 Å². The van der Waals surface area contributed by atoms with E-state index in [2.05, 4.69) is 32.3 Å². The van der Waals surface area contributed by atoms with Crippen molar-refractivity contribution in [2.24, 2.45) is 11.0 Å². The number of carbonyl (C=O) groups is 1. The summed E-state index contributed by atoms with van der Waals surface area (Å²) in [4.78, 5) is 24.4. The molecule has 5 rings (SSSR count). The number of nitrogens with zero attached hydrogens (tertiary/aromatic N) is 5. The maximum Gasteiger partial charge on any atom is 0.248 e. The summed E-state index contributed by atoms with van der Waals surface area (Å²) in [7, 11) is 0. The molecule has 1 amide bonds. The van der Waals surface area contributed by atoms with Gasteiger partial charge in [0.05, 0.1) is 23.1 Å². The molecular weight excluding hydrogens is 384 g/mol. The topological polar surface area (TPSA) is 103 Å². The number of aromatic nitrogens is 2. The molecule has 3 heterocycles. The molecule has 0 aromatic carbocycles. The van der Waals surface area contributed by atoms with Crippen molar-refractivity contribution in [3.8, 4) is 0 Å². The van der Waals surface area contributed by atoms with Gasteiger partial charge >= 0.3 is 0 Å². The summed E-state index contributed by atoms with van der Waals surface area (Å²) in [5.41, 5.74) is 5.90. The van der Waals surface area contributed by atoms with Crippen LogP contribution in [0.3, 0.4) is 0 Å². The van der Waals surface area contributed by atoms with Crippen LogP contribution in [0, 0.1) is 5.92 Å². The Kier molecular flexibility index (Phi) is 4.69. The van der Waals surface area contributed by atoms with E-state index in [0.29, 0.717) is 26.2 Å². The lowest BCUT2D eigenvalue weighted by atomic mass is 9.90. The molecule has 0 unspecified atom stereocenters. The fourth-order valence-corrected chi connectivity index (χ4v) is 4.09. The SMILES string of the molecule is CC1(OC2=CC=C3NN=C(c4cc(N5CCN(C(=O)CO)CC5)ncn4)[C@H]3C2)CC1. The minimum Gasteiger partial charge on any atom is -0.492 e. The second kappa shape index (κ2) is 7.39. The zero-order chi connectivity index (χ0) is 20.7. The number of allylic oxidation sites excluding steroid dienone is 4. The van der Waals surface area contributed by atoms with E-state index in [-0.39, 0.29) is 17.4 Å². The molecule has 1 saturated carbocycles. The number of rotatable bonds is 5. The van der Waals surface area contributed by atoms with E-state index in [1.807, 2.05) is 18.2 Å². The van der Waals surface area contributed by atoms with Gasteiger partial charge < -0.3 is 19.6 Å². The fourth-order valence-electron chi connectivity index (χ4n) is 4.09. The number of hydrogen-bond donors (Lipinski definition) is 2. The molecule has 0 bridgehead atoms. The Morgan fingerprint density at radius 3 is 2.80 bits per heavy atom. The maximum atomic E-state index is 11.7. The van der Waals surface area contributed by atoms with Gasteiger partial charge in [0.1, 0.15) is 24.4 Å². The van der Waals surface area contributed by atoms with Crippen LogP contribution in [-0.4, -0.2) is 70.0 Å². The molecule has 1 aromatic rings. The number of aliphatic hydroxyl groups is 1. The molecule has 4 aliphatic rings.